The normalized spacial score (nSPS) is 13.5. The van der Waals surface area contributed by atoms with Gasteiger partial charge in [0, 0.05) is 17.4 Å². The summed E-state index contributed by atoms with van der Waals surface area (Å²) in [5.74, 6) is 0.219. The minimum Gasteiger partial charge on any atom is -0.311 e. The van der Waals surface area contributed by atoms with Gasteiger partial charge in [-0.2, -0.15) is 0 Å². The Morgan fingerprint density at radius 1 is 1.33 bits per heavy atom. The molecule has 0 unspecified atom stereocenters. The fourth-order valence-electron chi connectivity index (χ4n) is 1.09. The number of hydrogen-bond acceptors (Lipinski definition) is 3. The smallest absolute Gasteiger partial charge is 0.153 e. The highest BCUT2D eigenvalue weighted by Gasteiger charge is 2.19. The second-order valence-corrected chi connectivity index (χ2v) is 8.14. The predicted octanol–water partition coefficient (Wildman–Crippen LogP) is 1.96. The first-order valence-corrected chi connectivity index (χ1v) is 8.07. The number of alkyl halides is 1. The Morgan fingerprint density at radius 3 is 2.27 bits per heavy atom. The van der Waals surface area contributed by atoms with Crippen LogP contribution in [0.3, 0.4) is 0 Å². The summed E-state index contributed by atoms with van der Waals surface area (Å²) < 4.78 is 23.0. The highest BCUT2D eigenvalue weighted by atomic mass is 79.9. The van der Waals surface area contributed by atoms with Gasteiger partial charge in [-0.1, -0.05) is 15.9 Å². The first-order valence-electron chi connectivity index (χ1n) is 5.24. The van der Waals surface area contributed by atoms with Crippen molar-refractivity contribution in [3.8, 4) is 0 Å². The maximum atomic E-state index is 11.5. The van der Waals surface area contributed by atoms with E-state index in [1.165, 1.54) is 0 Å². The second kappa shape index (κ2) is 6.21. The topological polar surface area (TPSA) is 46.2 Å². The van der Waals surface area contributed by atoms with Crippen LogP contribution in [0.15, 0.2) is 0 Å². The molecular weight excluding hydrogens is 278 g/mol. The van der Waals surface area contributed by atoms with Crippen LogP contribution >= 0.6 is 15.9 Å². The maximum absolute atomic E-state index is 11.5. The summed E-state index contributed by atoms with van der Waals surface area (Å²) in [5.41, 5.74) is -0.00397. The lowest BCUT2D eigenvalue weighted by Gasteiger charge is -2.25. The lowest BCUT2D eigenvalue weighted by Crippen LogP contribution is -2.42. The van der Waals surface area contributed by atoms with Crippen molar-refractivity contribution in [1.29, 1.82) is 0 Å². The van der Waals surface area contributed by atoms with Crippen LogP contribution in [0.1, 0.15) is 34.1 Å². The molecule has 0 atom stereocenters. The Labute approximate surface area is 102 Å². The minimum absolute atomic E-state index is 0.00397. The molecule has 0 bridgehead atoms. The molecule has 0 aromatic heterocycles. The average Bonchev–Trinajstić information content (AvgIpc) is 2.02. The van der Waals surface area contributed by atoms with Crippen LogP contribution in [0.2, 0.25) is 0 Å². The maximum Gasteiger partial charge on any atom is 0.153 e. The summed E-state index contributed by atoms with van der Waals surface area (Å²) in [6, 6.07) is 0. The molecule has 0 rings (SSSR count). The largest absolute Gasteiger partial charge is 0.311 e. The molecule has 0 heterocycles. The molecule has 0 radical (unpaired) electrons. The zero-order valence-electron chi connectivity index (χ0n) is 10.0. The SMILES string of the molecule is CC(C)S(=O)(=O)CCNC(C)(C)CCBr. The number of nitrogens with one attached hydrogen (secondary N) is 1. The zero-order valence-corrected chi connectivity index (χ0v) is 12.4. The third kappa shape index (κ3) is 6.53. The molecule has 5 heteroatoms. The number of sulfone groups is 1. The minimum atomic E-state index is -2.91. The van der Waals surface area contributed by atoms with Gasteiger partial charge in [0.15, 0.2) is 9.84 Å². The van der Waals surface area contributed by atoms with E-state index in [0.717, 1.165) is 11.8 Å². The monoisotopic (exact) mass is 299 g/mol. The summed E-state index contributed by atoms with van der Waals surface area (Å²) in [5, 5.41) is 3.90. The third-order valence-electron chi connectivity index (χ3n) is 2.43. The Balaban J connectivity index is 4.00. The van der Waals surface area contributed by atoms with Crippen molar-refractivity contribution in [2.24, 2.45) is 0 Å². The van der Waals surface area contributed by atoms with Crippen molar-refractivity contribution in [1.82, 2.24) is 5.32 Å². The quantitative estimate of drug-likeness (QED) is 0.731. The van der Waals surface area contributed by atoms with Crippen LogP contribution in [0.25, 0.3) is 0 Å². The first kappa shape index (κ1) is 15.4. The lowest BCUT2D eigenvalue weighted by molar-refractivity contribution is 0.390. The standard InChI is InChI=1S/C10H22BrNO2S/c1-9(2)15(13,14)8-7-12-10(3,4)5-6-11/h9,12H,5-8H2,1-4H3. The van der Waals surface area contributed by atoms with Crippen LogP contribution in [0.4, 0.5) is 0 Å². The third-order valence-corrected chi connectivity index (χ3v) is 5.03. The number of halogens is 1. The van der Waals surface area contributed by atoms with Crippen molar-refractivity contribution in [2.45, 2.75) is 44.9 Å². The van der Waals surface area contributed by atoms with Gasteiger partial charge in [0.2, 0.25) is 0 Å². The van der Waals surface area contributed by atoms with Gasteiger partial charge in [-0.3, -0.25) is 0 Å². The lowest BCUT2D eigenvalue weighted by atomic mass is 10.0. The summed E-state index contributed by atoms with van der Waals surface area (Å²) in [4.78, 5) is 0. The average molecular weight is 300 g/mol. The van der Waals surface area contributed by atoms with E-state index < -0.39 is 9.84 Å². The Kier molecular flexibility index (Phi) is 6.37. The summed E-state index contributed by atoms with van der Waals surface area (Å²) in [7, 11) is -2.91. The van der Waals surface area contributed by atoms with Crippen LogP contribution in [-0.2, 0) is 9.84 Å². The molecule has 0 saturated heterocycles. The molecule has 0 saturated carbocycles. The van der Waals surface area contributed by atoms with Gasteiger partial charge in [-0.25, -0.2) is 8.42 Å². The van der Waals surface area contributed by atoms with Crippen LogP contribution in [0, 0.1) is 0 Å². The fraction of sp³-hybridized carbons (Fsp3) is 1.00. The van der Waals surface area contributed by atoms with Crippen LogP contribution in [-0.4, -0.2) is 36.8 Å². The molecule has 0 amide bonds. The predicted molar refractivity (Wildman–Crippen MR) is 69.4 cm³/mol. The molecule has 0 spiro atoms. The molecule has 3 nitrogen and oxygen atoms in total. The van der Waals surface area contributed by atoms with Crippen LogP contribution in [0.5, 0.6) is 0 Å². The Morgan fingerprint density at radius 2 is 1.87 bits per heavy atom. The molecule has 0 aliphatic rings. The van der Waals surface area contributed by atoms with E-state index in [4.69, 9.17) is 0 Å². The van der Waals surface area contributed by atoms with Crippen LogP contribution < -0.4 is 5.32 Å². The van der Waals surface area contributed by atoms with E-state index in [0.29, 0.717) is 6.54 Å². The summed E-state index contributed by atoms with van der Waals surface area (Å²) >= 11 is 3.38. The summed E-state index contributed by atoms with van der Waals surface area (Å²) in [6.07, 6.45) is 0.981. The van der Waals surface area contributed by atoms with E-state index in [1.54, 1.807) is 13.8 Å². The molecule has 15 heavy (non-hydrogen) atoms. The van der Waals surface area contributed by atoms with E-state index >= 15 is 0 Å². The van der Waals surface area contributed by atoms with Crippen molar-refractivity contribution >= 4 is 25.8 Å². The highest BCUT2D eigenvalue weighted by Crippen LogP contribution is 2.10. The van der Waals surface area contributed by atoms with E-state index in [9.17, 15) is 8.42 Å². The second-order valence-electron chi connectivity index (χ2n) is 4.67. The molecule has 0 aromatic rings. The Hall–Kier alpha value is 0.390. The number of rotatable bonds is 7. The molecule has 92 valence electrons. The summed E-state index contributed by atoms with van der Waals surface area (Å²) in [6.45, 7) is 8.13. The van der Waals surface area contributed by atoms with Gasteiger partial charge < -0.3 is 5.32 Å². The zero-order chi connectivity index (χ0) is 12.1. The van der Waals surface area contributed by atoms with E-state index in [2.05, 4.69) is 35.1 Å². The van der Waals surface area contributed by atoms with Gasteiger partial charge in [-0.15, -0.1) is 0 Å². The van der Waals surface area contributed by atoms with Gasteiger partial charge in [0.25, 0.3) is 0 Å². The van der Waals surface area contributed by atoms with E-state index in [1.807, 2.05) is 0 Å². The molecule has 0 aromatic carbocycles. The molecule has 1 N–H and O–H groups in total. The number of hydrogen-bond donors (Lipinski definition) is 1. The van der Waals surface area contributed by atoms with Crippen molar-refractivity contribution in [2.75, 3.05) is 17.6 Å². The van der Waals surface area contributed by atoms with Crippen molar-refractivity contribution in [3.63, 3.8) is 0 Å². The first-order chi connectivity index (χ1) is 6.71. The molecule has 0 aliphatic heterocycles. The van der Waals surface area contributed by atoms with E-state index in [-0.39, 0.29) is 16.5 Å². The highest BCUT2D eigenvalue weighted by molar-refractivity contribution is 9.09. The van der Waals surface area contributed by atoms with Gasteiger partial charge in [0.05, 0.1) is 11.0 Å². The van der Waals surface area contributed by atoms with Crippen molar-refractivity contribution in [3.05, 3.63) is 0 Å². The fourth-order valence-corrected chi connectivity index (χ4v) is 2.94. The molecule has 0 fully saturated rings. The Bertz CT molecular complexity index is 273. The van der Waals surface area contributed by atoms with Gasteiger partial charge >= 0.3 is 0 Å². The van der Waals surface area contributed by atoms with Gasteiger partial charge in [-0.05, 0) is 34.1 Å². The van der Waals surface area contributed by atoms with Crippen molar-refractivity contribution < 1.29 is 8.42 Å². The molecular formula is C10H22BrNO2S. The van der Waals surface area contributed by atoms with Gasteiger partial charge in [0.1, 0.15) is 0 Å². The molecule has 0 aliphatic carbocycles.